The average Bonchev–Trinajstić information content (AvgIpc) is 2.40. The van der Waals surface area contributed by atoms with Gasteiger partial charge in [-0.2, -0.15) is 0 Å². The summed E-state index contributed by atoms with van der Waals surface area (Å²) < 4.78 is 28.8. The molecule has 1 heterocycles. The van der Waals surface area contributed by atoms with Gasteiger partial charge in [0.15, 0.2) is 5.88 Å². The highest BCUT2D eigenvalue weighted by atomic mass is 35.5. The van der Waals surface area contributed by atoms with Crippen molar-refractivity contribution < 1.29 is 13.9 Å². The van der Waals surface area contributed by atoms with Gasteiger partial charge in [-0.3, -0.25) is 13.9 Å². The van der Waals surface area contributed by atoms with Crippen molar-refractivity contribution in [2.24, 2.45) is 7.05 Å². The van der Waals surface area contributed by atoms with E-state index in [-0.39, 0.29) is 10.6 Å². The lowest BCUT2D eigenvalue weighted by atomic mass is 10.1. The first kappa shape index (κ1) is 15.2. The molecular formula is C13H11ClF2N2O3. The van der Waals surface area contributed by atoms with Crippen molar-refractivity contribution >= 4 is 11.6 Å². The van der Waals surface area contributed by atoms with Crippen LogP contribution in [0.5, 0.6) is 5.88 Å². The Labute approximate surface area is 122 Å². The Bertz CT molecular complexity index is 781. The fourth-order valence-corrected chi connectivity index (χ4v) is 2.08. The van der Waals surface area contributed by atoms with Crippen LogP contribution in [0.4, 0.5) is 8.78 Å². The third-order valence-corrected chi connectivity index (χ3v) is 3.19. The van der Waals surface area contributed by atoms with Gasteiger partial charge in [0.05, 0.1) is 12.6 Å². The number of hydrogen-bond acceptors (Lipinski definition) is 3. The highest BCUT2D eigenvalue weighted by Gasteiger charge is 2.16. The third kappa shape index (κ3) is 3.13. The molecule has 1 aromatic heterocycles. The van der Waals surface area contributed by atoms with Crippen LogP contribution >= 0.6 is 11.6 Å². The van der Waals surface area contributed by atoms with Gasteiger partial charge in [0.1, 0.15) is 12.0 Å². The largest absolute Gasteiger partial charge is 0.494 e. The molecule has 0 saturated heterocycles. The number of aromatic hydroxyl groups is 1. The lowest BCUT2D eigenvalue weighted by molar-refractivity contribution is 0.289. The van der Waals surface area contributed by atoms with Crippen LogP contribution in [0.25, 0.3) is 0 Å². The van der Waals surface area contributed by atoms with E-state index in [1.54, 1.807) is 0 Å². The Morgan fingerprint density at radius 3 is 2.57 bits per heavy atom. The molecule has 1 N–H and O–H groups in total. The number of aromatic nitrogens is 2. The Balaban J connectivity index is 2.41. The van der Waals surface area contributed by atoms with Crippen molar-refractivity contribution in [1.82, 2.24) is 9.13 Å². The normalized spacial score (nSPS) is 12.4. The van der Waals surface area contributed by atoms with Gasteiger partial charge >= 0.3 is 5.69 Å². The fourth-order valence-electron chi connectivity index (χ4n) is 1.85. The first-order valence-electron chi connectivity index (χ1n) is 5.89. The second kappa shape index (κ2) is 5.69. The van der Waals surface area contributed by atoms with Crippen molar-refractivity contribution in [3.05, 3.63) is 61.5 Å². The Morgan fingerprint density at radius 1 is 1.29 bits per heavy atom. The zero-order valence-electron chi connectivity index (χ0n) is 10.9. The van der Waals surface area contributed by atoms with E-state index in [1.165, 1.54) is 13.1 Å². The van der Waals surface area contributed by atoms with Crippen molar-refractivity contribution in [3.63, 3.8) is 0 Å². The van der Waals surface area contributed by atoms with Crippen LogP contribution in [0.15, 0.2) is 33.9 Å². The molecule has 1 aromatic carbocycles. The number of halogens is 3. The molecule has 2 rings (SSSR count). The predicted octanol–water partition coefficient (Wildman–Crippen LogP) is 1.76. The molecule has 8 heteroatoms. The van der Waals surface area contributed by atoms with Crippen molar-refractivity contribution in [3.8, 4) is 5.88 Å². The second-order valence-electron chi connectivity index (χ2n) is 4.46. The van der Waals surface area contributed by atoms with Crippen LogP contribution < -0.4 is 11.2 Å². The Morgan fingerprint density at radius 2 is 1.95 bits per heavy atom. The smallest absolute Gasteiger partial charge is 0.333 e. The summed E-state index contributed by atoms with van der Waals surface area (Å²) in [5, 5.41) is 9.33. The minimum atomic E-state index is -1.80. The van der Waals surface area contributed by atoms with Gasteiger partial charge in [-0.1, -0.05) is 11.6 Å². The summed E-state index contributed by atoms with van der Waals surface area (Å²) >= 11 is 5.63. The van der Waals surface area contributed by atoms with Crippen molar-refractivity contribution in [2.45, 2.75) is 12.7 Å². The van der Waals surface area contributed by atoms with Gasteiger partial charge in [-0.05, 0) is 23.8 Å². The fraction of sp³-hybridized carbons (Fsp3) is 0.231. The lowest BCUT2D eigenvalue weighted by Gasteiger charge is -2.12. The molecule has 1 unspecified atom stereocenters. The molecule has 0 aliphatic heterocycles. The molecule has 0 aliphatic rings. The maximum Gasteiger partial charge on any atom is 0.333 e. The van der Waals surface area contributed by atoms with Crippen LogP contribution in [-0.2, 0) is 13.6 Å². The number of nitrogens with zero attached hydrogens (tertiary/aromatic N) is 2. The predicted molar refractivity (Wildman–Crippen MR) is 72.9 cm³/mol. The van der Waals surface area contributed by atoms with E-state index in [2.05, 4.69) is 0 Å². The van der Waals surface area contributed by atoms with Crippen LogP contribution in [-0.4, -0.2) is 14.2 Å². The maximum atomic E-state index is 14.2. The van der Waals surface area contributed by atoms with Crippen LogP contribution in [0.2, 0.25) is 5.02 Å². The monoisotopic (exact) mass is 316 g/mol. The summed E-state index contributed by atoms with van der Waals surface area (Å²) in [5.41, 5.74) is -1.80. The van der Waals surface area contributed by atoms with Gasteiger partial charge in [0, 0.05) is 12.1 Å². The molecule has 0 amide bonds. The maximum absolute atomic E-state index is 14.2. The molecule has 2 aromatic rings. The number of rotatable bonds is 3. The lowest BCUT2D eigenvalue weighted by Crippen LogP contribution is -2.39. The van der Waals surface area contributed by atoms with E-state index in [0.717, 1.165) is 22.8 Å². The van der Waals surface area contributed by atoms with E-state index >= 15 is 0 Å². The number of benzene rings is 1. The quantitative estimate of drug-likeness (QED) is 0.938. The summed E-state index contributed by atoms with van der Waals surface area (Å²) in [6, 6.07) is 3.97. The van der Waals surface area contributed by atoms with E-state index in [9.17, 15) is 23.5 Å². The zero-order chi connectivity index (χ0) is 15.7. The van der Waals surface area contributed by atoms with E-state index in [4.69, 9.17) is 11.6 Å². The first-order chi connectivity index (χ1) is 9.79. The van der Waals surface area contributed by atoms with E-state index < -0.39 is 35.7 Å². The number of hydrogen-bond donors (Lipinski definition) is 1. The van der Waals surface area contributed by atoms with Gasteiger partial charge in [-0.25, -0.2) is 13.6 Å². The zero-order valence-corrected chi connectivity index (χ0v) is 11.6. The summed E-state index contributed by atoms with van der Waals surface area (Å²) in [4.78, 5) is 23.4. The standard InChI is InChI=1S/C13H11ClF2N2O3/c1-17-11(19)5-12(20)18(13(17)21)6-10(16)7-2-8(14)4-9(15)3-7/h2-5,10,19H,6H2,1H3. The molecule has 0 radical (unpaired) electrons. The van der Waals surface area contributed by atoms with Gasteiger partial charge in [0.2, 0.25) is 0 Å². The molecular weight excluding hydrogens is 306 g/mol. The minimum Gasteiger partial charge on any atom is -0.494 e. The molecule has 0 spiro atoms. The van der Waals surface area contributed by atoms with Crippen LogP contribution in [0.3, 0.4) is 0 Å². The van der Waals surface area contributed by atoms with Crippen LogP contribution in [0, 0.1) is 5.82 Å². The Hall–Kier alpha value is -2.15. The van der Waals surface area contributed by atoms with Crippen molar-refractivity contribution in [2.75, 3.05) is 0 Å². The molecule has 1 atom stereocenters. The summed E-state index contributed by atoms with van der Waals surface area (Å²) in [6.07, 6.45) is -1.80. The summed E-state index contributed by atoms with van der Waals surface area (Å²) in [5.74, 6) is -1.24. The average molecular weight is 317 g/mol. The molecule has 5 nitrogen and oxygen atoms in total. The molecule has 21 heavy (non-hydrogen) atoms. The molecule has 0 saturated carbocycles. The van der Waals surface area contributed by atoms with Gasteiger partial charge < -0.3 is 5.11 Å². The van der Waals surface area contributed by atoms with Crippen molar-refractivity contribution in [1.29, 1.82) is 0 Å². The van der Waals surface area contributed by atoms with E-state index in [1.807, 2.05) is 0 Å². The summed E-state index contributed by atoms with van der Waals surface area (Å²) in [6.45, 7) is -0.606. The first-order valence-corrected chi connectivity index (χ1v) is 6.27. The van der Waals surface area contributed by atoms with Gasteiger partial charge in [-0.15, -0.1) is 0 Å². The SMILES string of the molecule is Cn1c(O)cc(=O)n(CC(F)c2cc(F)cc(Cl)c2)c1=O. The molecule has 112 valence electrons. The molecule has 0 fully saturated rings. The van der Waals surface area contributed by atoms with E-state index in [0.29, 0.717) is 4.57 Å². The minimum absolute atomic E-state index is 0.0126. The highest BCUT2D eigenvalue weighted by molar-refractivity contribution is 6.30. The Kier molecular flexibility index (Phi) is 4.13. The van der Waals surface area contributed by atoms with Gasteiger partial charge in [0.25, 0.3) is 5.56 Å². The summed E-state index contributed by atoms with van der Waals surface area (Å²) in [7, 11) is 1.24. The third-order valence-electron chi connectivity index (χ3n) is 2.97. The van der Waals surface area contributed by atoms with Crippen LogP contribution in [0.1, 0.15) is 11.7 Å². The second-order valence-corrected chi connectivity index (χ2v) is 4.90. The molecule has 0 bridgehead atoms. The highest BCUT2D eigenvalue weighted by Crippen LogP contribution is 2.23. The topological polar surface area (TPSA) is 64.2 Å². The molecule has 0 aliphatic carbocycles. The number of alkyl halides is 1.